The third-order valence-corrected chi connectivity index (χ3v) is 5.01. The molecule has 0 saturated heterocycles. The Morgan fingerprint density at radius 3 is 1.59 bits per heavy atom. The lowest BCUT2D eigenvalue weighted by Gasteiger charge is -2.07. The minimum Gasteiger partial charge on any atom is -0.489 e. The first-order valence-corrected chi connectivity index (χ1v) is 11.7. The summed E-state index contributed by atoms with van der Waals surface area (Å²) in [5, 5.41) is 7.87. The molecule has 2 aromatic rings. The fourth-order valence-electron chi connectivity index (χ4n) is 2.49. The number of nitrogens with one attached hydrogen (secondary N) is 2. The number of carbonyl (C=O) groups is 2. The van der Waals surface area contributed by atoms with Gasteiger partial charge >= 0.3 is 0 Å². The van der Waals surface area contributed by atoms with E-state index in [2.05, 4.69) is 66.1 Å². The molecule has 34 heavy (non-hydrogen) atoms. The molecule has 2 amide bonds. The molecule has 2 aromatic carbocycles. The number of halogens is 2. The van der Waals surface area contributed by atoms with Gasteiger partial charge in [0.05, 0.1) is 12.4 Å². The van der Waals surface area contributed by atoms with Gasteiger partial charge in [-0.3, -0.25) is 9.59 Å². The van der Waals surface area contributed by atoms with E-state index in [9.17, 15) is 9.59 Å². The number of rotatable bonds is 13. The van der Waals surface area contributed by atoms with Crippen LogP contribution in [0.4, 0.5) is 0 Å². The minimum atomic E-state index is -0.411. The minimum absolute atomic E-state index is 0.0540. The number of amides is 2. The number of ether oxygens (including phenoxy) is 2. The van der Waals surface area contributed by atoms with Crippen molar-refractivity contribution in [2.24, 2.45) is 10.2 Å². The van der Waals surface area contributed by atoms with E-state index in [0.29, 0.717) is 35.8 Å². The quantitative estimate of drug-likeness (QED) is 0.200. The lowest BCUT2D eigenvalue weighted by Crippen LogP contribution is -2.22. The highest BCUT2D eigenvalue weighted by molar-refractivity contribution is 9.10. The molecule has 8 nitrogen and oxygen atoms in total. The van der Waals surface area contributed by atoms with Gasteiger partial charge in [0.15, 0.2) is 0 Å². The molecule has 0 radical (unpaired) electrons. The predicted octanol–water partition coefficient (Wildman–Crippen LogP) is 4.72. The van der Waals surface area contributed by atoms with E-state index in [-0.39, 0.29) is 12.8 Å². The molecule has 0 saturated carbocycles. The summed E-state index contributed by atoms with van der Waals surface area (Å²) in [5.41, 5.74) is 6.14. The van der Waals surface area contributed by atoms with Gasteiger partial charge in [-0.05, 0) is 36.4 Å². The second-order valence-electron chi connectivity index (χ2n) is 6.65. The molecule has 0 fully saturated rings. The zero-order valence-electron chi connectivity index (χ0n) is 18.3. The lowest BCUT2D eigenvalue weighted by atomic mass is 10.2. The molecular formula is C24H24Br2N4O4. The van der Waals surface area contributed by atoms with Crippen molar-refractivity contribution >= 4 is 56.1 Å². The molecule has 0 bridgehead atoms. The first-order chi connectivity index (χ1) is 16.4. The molecule has 178 valence electrons. The van der Waals surface area contributed by atoms with E-state index in [4.69, 9.17) is 9.47 Å². The highest BCUT2D eigenvalue weighted by Gasteiger charge is 2.07. The van der Waals surface area contributed by atoms with Crippen LogP contribution in [0.5, 0.6) is 11.5 Å². The van der Waals surface area contributed by atoms with Gasteiger partial charge in [-0.1, -0.05) is 57.2 Å². The van der Waals surface area contributed by atoms with Crippen LogP contribution in [0.2, 0.25) is 0 Å². The van der Waals surface area contributed by atoms with Crippen LogP contribution in [0, 0.1) is 0 Å². The smallest absolute Gasteiger partial charge is 0.240 e. The molecule has 10 heteroatoms. The summed E-state index contributed by atoms with van der Waals surface area (Å²) in [6, 6.07) is 10.8. The van der Waals surface area contributed by atoms with Crippen LogP contribution < -0.4 is 20.3 Å². The topological polar surface area (TPSA) is 101 Å². The lowest BCUT2D eigenvalue weighted by molar-refractivity contribution is -0.126. The Morgan fingerprint density at radius 2 is 1.21 bits per heavy atom. The average molecular weight is 592 g/mol. The van der Waals surface area contributed by atoms with E-state index in [1.54, 1.807) is 36.4 Å². The highest BCUT2D eigenvalue weighted by atomic mass is 79.9. The average Bonchev–Trinajstić information content (AvgIpc) is 2.82. The molecule has 0 unspecified atom stereocenters. The summed E-state index contributed by atoms with van der Waals surface area (Å²) in [5.74, 6) is 0.376. The first-order valence-electron chi connectivity index (χ1n) is 10.1. The maximum Gasteiger partial charge on any atom is 0.240 e. The highest BCUT2D eigenvalue weighted by Crippen LogP contribution is 2.22. The van der Waals surface area contributed by atoms with E-state index >= 15 is 0 Å². The van der Waals surface area contributed by atoms with Gasteiger partial charge in [0.1, 0.15) is 24.7 Å². The van der Waals surface area contributed by atoms with Gasteiger partial charge in [0, 0.05) is 32.9 Å². The van der Waals surface area contributed by atoms with Gasteiger partial charge in [-0.2, -0.15) is 10.2 Å². The summed E-state index contributed by atoms with van der Waals surface area (Å²) in [6.07, 6.45) is 6.09. The summed E-state index contributed by atoms with van der Waals surface area (Å²) in [7, 11) is 0. The van der Waals surface area contributed by atoms with Crippen molar-refractivity contribution in [2.75, 3.05) is 13.2 Å². The van der Waals surface area contributed by atoms with Crippen LogP contribution in [-0.2, 0) is 9.59 Å². The van der Waals surface area contributed by atoms with Crippen LogP contribution in [-0.4, -0.2) is 37.5 Å². The number of hydrazone groups is 2. The molecule has 0 aliphatic heterocycles. The van der Waals surface area contributed by atoms with E-state index in [0.717, 1.165) is 8.95 Å². The molecule has 0 aromatic heterocycles. The van der Waals surface area contributed by atoms with Crippen LogP contribution in [0.15, 0.2) is 80.9 Å². The van der Waals surface area contributed by atoms with Gasteiger partial charge in [-0.15, -0.1) is 0 Å². The van der Waals surface area contributed by atoms with Gasteiger partial charge < -0.3 is 9.47 Å². The van der Waals surface area contributed by atoms with E-state index < -0.39 is 11.8 Å². The fourth-order valence-corrected chi connectivity index (χ4v) is 3.24. The molecule has 2 rings (SSSR count). The molecule has 0 heterocycles. The maximum atomic E-state index is 12.0. The second-order valence-corrected chi connectivity index (χ2v) is 8.48. The third kappa shape index (κ3) is 9.72. The standard InChI is InChI=1S/C24H24Br2N4O4/c1-3-11-33-21-7-5-19(25)13-17(21)15-27-29-23(31)9-10-24(32)30-28-16-18-14-20(26)6-8-22(18)34-12-4-2/h3-8,13-16H,1-2,9-12H2,(H,29,31)(H,30,32). The summed E-state index contributed by atoms with van der Waals surface area (Å²) in [4.78, 5) is 24.0. The van der Waals surface area contributed by atoms with Crippen molar-refractivity contribution in [2.45, 2.75) is 12.8 Å². The van der Waals surface area contributed by atoms with Crippen molar-refractivity contribution in [1.29, 1.82) is 0 Å². The molecule has 2 N–H and O–H groups in total. The Bertz CT molecular complexity index is 1000. The number of hydrogen-bond donors (Lipinski definition) is 2. The number of hydrogen-bond acceptors (Lipinski definition) is 6. The van der Waals surface area contributed by atoms with Crippen LogP contribution in [0.3, 0.4) is 0 Å². The summed E-state index contributed by atoms with van der Waals surface area (Å²) >= 11 is 6.77. The van der Waals surface area contributed by atoms with Crippen molar-refractivity contribution in [3.63, 3.8) is 0 Å². The van der Waals surface area contributed by atoms with Crippen LogP contribution in [0.1, 0.15) is 24.0 Å². The van der Waals surface area contributed by atoms with E-state index in [1.807, 2.05) is 12.1 Å². The van der Waals surface area contributed by atoms with Gasteiger partial charge in [-0.25, -0.2) is 10.9 Å². The first kappa shape index (κ1) is 27.0. The Hall–Kier alpha value is -3.24. The SMILES string of the molecule is C=CCOc1ccc(Br)cc1C=NNC(=O)CCC(=O)NN=Cc1cc(Br)ccc1OCC=C. The summed E-state index contributed by atoms with van der Waals surface area (Å²) < 4.78 is 12.8. The van der Waals surface area contributed by atoms with Crippen molar-refractivity contribution in [3.8, 4) is 11.5 Å². The van der Waals surface area contributed by atoms with Crippen molar-refractivity contribution in [1.82, 2.24) is 10.9 Å². The Kier molecular flexibility index (Phi) is 11.8. The molecule has 0 aliphatic rings. The molecule has 0 atom stereocenters. The Morgan fingerprint density at radius 1 is 0.794 bits per heavy atom. The van der Waals surface area contributed by atoms with Crippen molar-refractivity contribution in [3.05, 3.63) is 81.8 Å². The number of carbonyl (C=O) groups excluding carboxylic acids is 2. The predicted molar refractivity (Wildman–Crippen MR) is 140 cm³/mol. The zero-order valence-corrected chi connectivity index (χ0v) is 21.5. The van der Waals surface area contributed by atoms with E-state index in [1.165, 1.54) is 12.4 Å². The zero-order chi connectivity index (χ0) is 24.8. The molecule has 0 aliphatic carbocycles. The Balaban J connectivity index is 1.82. The fraction of sp³-hybridized carbons (Fsp3) is 0.167. The molecular weight excluding hydrogens is 568 g/mol. The largest absolute Gasteiger partial charge is 0.489 e. The summed E-state index contributed by atoms with van der Waals surface area (Å²) in [6.45, 7) is 7.92. The van der Waals surface area contributed by atoms with Crippen LogP contribution >= 0.6 is 31.9 Å². The molecule has 0 spiro atoms. The van der Waals surface area contributed by atoms with Gasteiger partial charge in [0.2, 0.25) is 11.8 Å². The maximum absolute atomic E-state index is 12.0. The Labute approximate surface area is 215 Å². The third-order valence-electron chi connectivity index (χ3n) is 4.02. The normalized spacial score (nSPS) is 10.8. The van der Waals surface area contributed by atoms with Crippen molar-refractivity contribution < 1.29 is 19.1 Å². The number of benzene rings is 2. The monoisotopic (exact) mass is 590 g/mol. The second kappa shape index (κ2) is 14.8. The van der Waals surface area contributed by atoms with Gasteiger partial charge in [0.25, 0.3) is 0 Å². The number of nitrogens with zero attached hydrogens (tertiary/aromatic N) is 2. The van der Waals surface area contributed by atoms with Crippen LogP contribution in [0.25, 0.3) is 0 Å².